The fourth-order valence-electron chi connectivity index (χ4n) is 1.59. The molecule has 0 aliphatic rings. The van der Waals surface area contributed by atoms with Gasteiger partial charge in [-0.15, -0.1) is 0 Å². The first kappa shape index (κ1) is 12.1. The van der Waals surface area contributed by atoms with Gasteiger partial charge >= 0.3 is 5.97 Å². The van der Waals surface area contributed by atoms with Crippen LogP contribution < -0.4 is 5.48 Å². The molecule has 1 aromatic heterocycles. The van der Waals surface area contributed by atoms with Gasteiger partial charge in [0.2, 0.25) is 0 Å². The Bertz CT molecular complexity index is 553. The molecule has 1 aromatic carbocycles. The molecule has 0 fully saturated rings. The number of aromatic nitrogens is 1. The van der Waals surface area contributed by atoms with Crippen LogP contribution in [0.2, 0.25) is 0 Å². The van der Waals surface area contributed by atoms with Crippen molar-refractivity contribution in [1.82, 2.24) is 4.98 Å². The van der Waals surface area contributed by atoms with E-state index in [0.29, 0.717) is 5.82 Å². The smallest absolute Gasteiger partial charge is 0.329 e. The summed E-state index contributed by atoms with van der Waals surface area (Å²) in [5, 5.41) is 0. The molecule has 0 radical (unpaired) electrons. The Hall–Kier alpha value is -2.36. The van der Waals surface area contributed by atoms with E-state index in [2.05, 4.69) is 10.5 Å². The molecule has 92 valence electrons. The van der Waals surface area contributed by atoms with E-state index in [-0.39, 0.29) is 0 Å². The zero-order valence-electron chi connectivity index (χ0n) is 10.3. The molecule has 0 aliphatic heterocycles. The summed E-state index contributed by atoms with van der Waals surface area (Å²) in [6.45, 7) is 3.24. The number of rotatable bonds is 3. The molecule has 0 bridgehead atoms. The van der Waals surface area contributed by atoms with Gasteiger partial charge in [-0.05, 0) is 24.1 Å². The summed E-state index contributed by atoms with van der Waals surface area (Å²) in [4.78, 5) is 19.6. The first-order valence-corrected chi connectivity index (χ1v) is 5.62. The number of hydrogen-bond acceptors (Lipinski definition) is 4. The maximum Gasteiger partial charge on any atom is 0.329 e. The summed E-state index contributed by atoms with van der Waals surface area (Å²) in [6.07, 6.45) is 1.74. The molecule has 4 heteroatoms. The number of benzene rings is 1. The van der Waals surface area contributed by atoms with Crippen LogP contribution in [0.5, 0.6) is 0 Å². The van der Waals surface area contributed by atoms with Gasteiger partial charge in [0.15, 0.2) is 5.82 Å². The van der Waals surface area contributed by atoms with Crippen LogP contribution in [0.4, 0.5) is 5.82 Å². The maximum absolute atomic E-state index is 10.7. The molecule has 0 saturated carbocycles. The summed E-state index contributed by atoms with van der Waals surface area (Å²) in [5.41, 5.74) is 5.58. The molecule has 2 rings (SSSR count). The molecule has 4 nitrogen and oxygen atoms in total. The molecule has 1 heterocycles. The fourth-order valence-corrected chi connectivity index (χ4v) is 1.59. The fraction of sp³-hybridized carbons (Fsp3) is 0.143. The lowest BCUT2D eigenvalue weighted by Gasteiger charge is -2.09. The number of nitrogens with one attached hydrogen (secondary N) is 1. The number of carbonyl (C=O) groups excluding carboxylic acids is 1. The Morgan fingerprint density at radius 2 is 1.94 bits per heavy atom. The van der Waals surface area contributed by atoms with E-state index in [0.717, 1.165) is 16.7 Å². The second-order valence-corrected chi connectivity index (χ2v) is 3.95. The van der Waals surface area contributed by atoms with Crippen LogP contribution in [-0.2, 0) is 9.63 Å². The van der Waals surface area contributed by atoms with Crippen LogP contribution >= 0.6 is 0 Å². The van der Waals surface area contributed by atoms with Crippen molar-refractivity contribution in [2.24, 2.45) is 0 Å². The zero-order valence-corrected chi connectivity index (χ0v) is 10.3. The third kappa shape index (κ3) is 2.85. The number of carbonyl (C=O) groups is 1. The molecular weight excluding hydrogens is 228 g/mol. The number of nitrogens with zero attached hydrogens (tertiary/aromatic N) is 1. The lowest BCUT2D eigenvalue weighted by molar-refractivity contribution is -0.138. The Morgan fingerprint density at radius 1 is 1.22 bits per heavy atom. The van der Waals surface area contributed by atoms with Gasteiger partial charge in [-0.2, -0.15) is 0 Å². The second kappa shape index (κ2) is 5.31. The van der Waals surface area contributed by atoms with Crippen molar-refractivity contribution in [2.75, 3.05) is 5.48 Å². The monoisotopic (exact) mass is 242 g/mol. The molecule has 0 aliphatic carbocycles. The van der Waals surface area contributed by atoms with Gasteiger partial charge in [0.05, 0.1) is 0 Å². The first-order chi connectivity index (χ1) is 8.66. The molecule has 0 atom stereocenters. The van der Waals surface area contributed by atoms with Crippen LogP contribution in [0.3, 0.4) is 0 Å². The average Bonchev–Trinajstić information content (AvgIpc) is 2.38. The summed E-state index contributed by atoms with van der Waals surface area (Å²) < 4.78 is 0. The van der Waals surface area contributed by atoms with Crippen molar-refractivity contribution in [3.8, 4) is 11.1 Å². The van der Waals surface area contributed by atoms with E-state index in [4.69, 9.17) is 4.84 Å². The summed E-state index contributed by atoms with van der Waals surface area (Å²) >= 11 is 0. The van der Waals surface area contributed by atoms with Gasteiger partial charge in [-0.3, -0.25) is 4.79 Å². The van der Waals surface area contributed by atoms with Crippen LogP contribution in [-0.4, -0.2) is 11.0 Å². The molecule has 0 unspecified atom stereocenters. The summed E-state index contributed by atoms with van der Waals surface area (Å²) in [7, 11) is 0. The van der Waals surface area contributed by atoms with E-state index in [1.165, 1.54) is 6.92 Å². The molecule has 0 saturated heterocycles. The highest BCUT2D eigenvalue weighted by atomic mass is 16.7. The minimum absolute atomic E-state index is 0.400. The minimum Gasteiger partial charge on any atom is -0.342 e. The normalized spacial score (nSPS) is 9.89. The Morgan fingerprint density at radius 3 is 2.56 bits per heavy atom. The van der Waals surface area contributed by atoms with Crippen LogP contribution in [0.25, 0.3) is 11.1 Å². The largest absolute Gasteiger partial charge is 0.342 e. The molecule has 1 N–H and O–H groups in total. The van der Waals surface area contributed by atoms with Gasteiger partial charge in [0, 0.05) is 18.7 Å². The van der Waals surface area contributed by atoms with Crippen molar-refractivity contribution in [3.05, 3.63) is 48.2 Å². The third-order valence-electron chi connectivity index (χ3n) is 2.48. The zero-order chi connectivity index (χ0) is 13.0. The van der Waals surface area contributed by atoms with Crippen LogP contribution in [0.1, 0.15) is 12.5 Å². The number of aryl methyl sites for hydroxylation is 1. The quantitative estimate of drug-likeness (QED) is 0.841. The van der Waals surface area contributed by atoms with Gasteiger partial charge in [-0.1, -0.05) is 30.3 Å². The third-order valence-corrected chi connectivity index (χ3v) is 2.48. The van der Waals surface area contributed by atoms with Gasteiger partial charge in [-0.25, -0.2) is 10.5 Å². The highest BCUT2D eigenvalue weighted by Crippen LogP contribution is 2.22. The van der Waals surface area contributed by atoms with Crippen molar-refractivity contribution >= 4 is 11.8 Å². The predicted octanol–water partition coefficient (Wildman–Crippen LogP) is 2.95. The predicted molar refractivity (Wildman–Crippen MR) is 69.8 cm³/mol. The number of hydrogen-bond donors (Lipinski definition) is 1. The van der Waals surface area contributed by atoms with Crippen molar-refractivity contribution in [3.63, 3.8) is 0 Å². The molecule has 0 spiro atoms. The Labute approximate surface area is 106 Å². The molecule has 0 amide bonds. The second-order valence-electron chi connectivity index (χ2n) is 3.95. The van der Waals surface area contributed by atoms with Crippen molar-refractivity contribution < 1.29 is 9.63 Å². The molecular formula is C14H14N2O2. The summed E-state index contributed by atoms with van der Waals surface area (Å²) in [6, 6.07) is 12.0. The van der Waals surface area contributed by atoms with Gasteiger partial charge in [0.25, 0.3) is 0 Å². The van der Waals surface area contributed by atoms with E-state index in [1.807, 2.05) is 43.3 Å². The average molecular weight is 242 g/mol. The van der Waals surface area contributed by atoms with E-state index in [1.54, 1.807) is 6.20 Å². The van der Waals surface area contributed by atoms with Gasteiger partial charge in [0.1, 0.15) is 0 Å². The molecule has 2 aromatic rings. The van der Waals surface area contributed by atoms with Crippen molar-refractivity contribution in [2.45, 2.75) is 13.8 Å². The van der Waals surface area contributed by atoms with E-state index >= 15 is 0 Å². The minimum atomic E-state index is -0.400. The number of anilines is 1. The van der Waals surface area contributed by atoms with Crippen LogP contribution in [0, 0.1) is 6.92 Å². The van der Waals surface area contributed by atoms with Crippen LogP contribution in [0.15, 0.2) is 42.6 Å². The van der Waals surface area contributed by atoms with Crippen molar-refractivity contribution in [1.29, 1.82) is 0 Å². The standard InChI is InChI=1S/C14H14N2O2/c1-10-8-13(12-6-4-3-5-7-12)9-15-14(10)16-18-11(2)17/h3-9H,1-2H3,(H,15,16). The highest BCUT2D eigenvalue weighted by Gasteiger charge is 2.04. The van der Waals surface area contributed by atoms with E-state index < -0.39 is 5.97 Å². The lowest BCUT2D eigenvalue weighted by atomic mass is 10.1. The lowest BCUT2D eigenvalue weighted by Crippen LogP contribution is -2.08. The maximum atomic E-state index is 10.7. The molecule has 18 heavy (non-hydrogen) atoms. The SMILES string of the molecule is CC(=O)ONc1ncc(-c2ccccc2)cc1C. The van der Waals surface area contributed by atoms with Gasteiger partial charge < -0.3 is 4.84 Å². The Balaban J connectivity index is 2.22. The Kier molecular flexibility index (Phi) is 3.57. The topological polar surface area (TPSA) is 51.2 Å². The summed E-state index contributed by atoms with van der Waals surface area (Å²) in [5.74, 6) is 0.146. The highest BCUT2D eigenvalue weighted by molar-refractivity contribution is 5.68. The first-order valence-electron chi connectivity index (χ1n) is 5.62. The number of pyridine rings is 1. The van der Waals surface area contributed by atoms with E-state index in [9.17, 15) is 4.79 Å².